The zero-order valence-corrected chi connectivity index (χ0v) is 12.2. The van der Waals surface area contributed by atoms with Crippen LogP contribution in [0, 0.1) is 0 Å². The van der Waals surface area contributed by atoms with Crippen molar-refractivity contribution in [1.82, 2.24) is 4.90 Å². The number of carboxylic acids is 1. The lowest BCUT2D eigenvalue weighted by atomic mass is 10.2. The van der Waals surface area contributed by atoms with Gasteiger partial charge < -0.3 is 19.2 Å². The molecule has 0 bridgehead atoms. The lowest BCUT2D eigenvalue weighted by Gasteiger charge is -2.19. The number of ether oxygens (including phenoxy) is 1. The third-order valence-corrected chi connectivity index (χ3v) is 3.58. The molecule has 116 valence electrons. The molecule has 1 aliphatic rings. The Labute approximate surface area is 123 Å². The van der Waals surface area contributed by atoms with Crippen molar-refractivity contribution in [2.75, 3.05) is 19.7 Å². The molecular formula is C15H21NO5. The van der Waals surface area contributed by atoms with Gasteiger partial charge in [-0.05, 0) is 25.7 Å². The fourth-order valence-electron chi connectivity index (χ4n) is 2.44. The molecule has 1 atom stereocenters. The second kappa shape index (κ2) is 7.26. The molecular weight excluding hydrogens is 274 g/mol. The number of rotatable bonds is 5. The molecule has 6 nitrogen and oxygen atoms in total. The van der Waals surface area contributed by atoms with Crippen LogP contribution in [0.25, 0.3) is 0 Å². The van der Waals surface area contributed by atoms with Crippen molar-refractivity contribution in [3.05, 3.63) is 23.7 Å². The van der Waals surface area contributed by atoms with E-state index in [9.17, 15) is 9.59 Å². The Kier molecular flexibility index (Phi) is 5.38. The zero-order chi connectivity index (χ0) is 15.2. The van der Waals surface area contributed by atoms with Crippen LogP contribution in [0.15, 0.2) is 16.7 Å². The minimum atomic E-state index is -1.10. The SMILES string of the molecule is CCCOC1CCCN(C(=O)c2cc(C(=O)O)co2)CC1. The maximum absolute atomic E-state index is 12.3. The van der Waals surface area contributed by atoms with E-state index in [2.05, 4.69) is 6.92 Å². The predicted octanol–water partition coefficient (Wildman–Crippen LogP) is 2.40. The Balaban J connectivity index is 1.94. The maximum atomic E-state index is 12.3. The van der Waals surface area contributed by atoms with Gasteiger partial charge in [0.15, 0.2) is 5.76 Å². The van der Waals surface area contributed by atoms with Gasteiger partial charge in [-0.25, -0.2) is 4.79 Å². The van der Waals surface area contributed by atoms with Crippen molar-refractivity contribution in [2.45, 2.75) is 38.7 Å². The number of hydrogen-bond donors (Lipinski definition) is 1. The van der Waals surface area contributed by atoms with E-state index in [1.54, 1.807) is 4.90 Å². The summed E-state index contributed by atoms with van der Waals surface area (Å²) < 4.78 is 10.8. The van der Waals surface area contributed by atoms with Gasteiger partial charge >= 0.3 is 5.97 Å². The highest BCUT2D eigenvalue weighted by Gasteiger charge is 2.24. The van der Waals surface area contributed by atoms with Crippen LogP contribution < -0.4 is 0 Å². The van der Waals surface area contributed by atoms with Gasteiger partial charge in [-0.1, -0.05) is 6.92 Å². The first-order chi connectivity index (χ1) is 10.1. The number of likely N-dealkylation sites (tertiary alicyclic amines) is 1. The Morgan fingerprint density at radius 1 is 1.43 bits per heavy atom. The van der Waals surface area contributed by atoms with E-state index in [1.165, 1.54) is 6.07 Å². The summed E-state index contributed by atoms with van der Waals surface area (Å²) in [6, 6.07) is 1.28. The summed E-state index contributed by atoms with van der Waals surface area (Å²) >= 11 is 0. The van der Waals surface area contributed by atoms with E-state index >= 15 is 0 Å². The molecule has 1 aromatic heterocycles. The van der Waals surface area contributed by atoms with Crippen LogP contribution in [0.4, 0.5) is 0 Å². The summed E-state index contributed by atoms with van der Waals surface area (Å²) in [7, 11) is 0. The number of nitrogens with zero attached hydrogens (tertiary/aromatic N) is 1. The van der Waals surface area contributed by atoms with Gasteiger partial charge in [0, 0.05) is 25.8 Å². The van der Waals surface area contributed by atoms with Crippen molar-refractivity contribution in [3.63, 3.8) is 0 Å². The normalized spacial score (nSPS) is 19.3. The molecule has 6 heteroatoms. The second-order valence-corrected chi connectivity index (χ2v) is 5.22. The van der Waals surface area contributed by atoms with Crippen molar-refractivity contribution < 1.29 is 23.8 Å². The number of carbonyl (C=O) groups excluding carboxylic acids is 1. The van der Waals surface area contributed by atoms with E-state index in [0.29, 0.717) is 13.1 Å². The molecule has 0 saturated carbocycles. The minimum Gasteiger partial charge on any atom is -0.478 e. The molecule has 1 amide bonds. The molecule has 2 heterocycles. The lowest BCUT2D eigenvalue weighted by molar-refractivity contribution is 0.0430. The van der Waals surface area contributed by atoms with Crippen LogP contribution >= 0.6 is 0 Å². The van der Waals surface area contributed by atoms with Crippen LogP contribution in [-0.2, 0) is 4.74 Å². The van der Waals surface area contributed by atoms with Crippen LogP contribution in [0.3, 0.4) is 0 Å². The number of hydrogen-bond acceptors (Lipinski definition) is 4. The Bertz CT molecular complexity index is 496. The van der Waals surface area contributed by atoms with Crippen molar-refractivity contribution in [2.24, 2.45) is 0 Å². The predicted molar refractivity (Wildman–Crippen MR) is 75.5 cm³/mol. The van der Waals surface area contributed by atoms with E-state index in [0.717, 1.165) is 38.6 Å². The monoisotopic (exact) mass is 295 g/mol. The van der Waals surface area contributed by atoms with E-state index in [1.807, 2.05) is 0 Å². The molecule has 1 N–H and O–H groups in total. The van der Waals surface area contributed by atoms with E-state index < -0.39 is 5.97 Å². The highest BCUT2D eigenvalue weighted by atomic mass is 16.5. The quantitative estimate of drug-likeness (QED) is 0.902. The summed E-state index contributed by atoms with van der Waals surface area (Å²) in [5.74, 6) is -1.26. The van der Waals surface area contributed by atoms with Gasteiger partial charge in [0.25, 0.3) is 5.91 Å². The Morgan fingerprint density at radius 2 is 2.24 bits per heavy atom. The van der Waals surface area contributed by atoms with E-state index in [-0.39, 0.29) is 23.3 Å². The first-order valence-corrected chi connectivity index (χ1v) is 7.34. The van der Waals surface area contributed by atoms with E-state index in [4.69, 9.17) is 14.3 Å². The molecule has 0 aliphatic carbocycles. The van der Waals surface area contributed by atoms with Crippen LogP contribution in [0.5, 0.6) is 0 Å². The number of amides is 1. The fraction of sp³-hybridized carbons (Fsp3) is 0.600. The molecule has 1 saturated heterocycles. The number of aromatic carboxylic acids is 1. The topological polar surface area (TPSA) is 80.0 Å². The molecule has 0 aromatic carbocycles. The van der Waals surface area contributed by atoms with Gasteiger partial charge in [0.1, 0.15) is 6.26 Å². The van der Waals surface area contributed by atoms with Crippen LogP contribution in [-0.4, -0.2) is 47.7 Å². The molecule has 1 unspecified atom stereocenters. The second-order valence-electron chi connectivity index (χ2n) is 5.22. The largest absolute Gasteiger partial charge is 0.478 e. The van der Waals surface area contributed by atoms with Gasteiger partial charge in [-0.15, -0.1) is 0 Å². The number of furan rings is 1. The summed E-state index contributed by atoms with van der Waals surface area (Å²) in [6.45, 7) is 4.08. The third-order valence-electron chi connectivity index (χ3n) is 3.58. The van der Waals surface area contributed by atoms with Gasteiger partial charge in [-0.3, -0.25) is 4.79 Å². The first kappa shape index (κ1) is 15.6. The summed E-state index contributed by atoms with van der Waals surface area (Å²) in [4.78, 5) is 24.8. The Morgan fingerprint density at radius 3 is 2.90 bits per heavy atom. The number of carboxylic acid groups (broad SMARTS) is 1. The highest BCUT2D eigenvalue weighted by molar-refractivity contribution is 5.95. The summed E-state index contributed by atoms with van der Waals surface area (Å²) in [6.07, 6.45) is 4.92. The van der Waals surface area contributed by atoms with Gasteiger partial charge in [0.2, 0.25) is 0 Å². The summed E-state index contributed by atoms with van der Waals surface area (Å²) in [5.41, 5.74) is -0.00247. The van der Waals surface area contributed by atoms with Crippen LogP contribution in [0.1, 0.15) is 53.5 Å². The van der Waals surface area contributed by atoms with Crippen molar-refractivity contribution in [3.8, 4) is 0 Å². The molecule has 0 spiro atoms. The smallest absolute Gasteiger partial charge is 0.338 e. The molecule has 1 fully saturated rings. The average Bonchev–Trinajstić information content (AvgIpc) is 2.85. The molecule has 21 heavy (non-hydrogen) atoms. The van der Waals surface area contributed by atoms with Crippen LogP contribution in [0.2, 0.25) is 0 Å². The maximum Gasteiger partial charge on any atom is 0.338 e. The van der Waals surface area contributed by atoms with Gasteiger partial charge in [0.05, 0.1) is 11.7 Å². The minimum absolute atomic E-state index is 0.00247. The molecule has 1 aliphatic heterocycles. The number of carbonyl (C=O) groups is 2. The average molecular weight is 295 g/mol. The van der Waals surface area contributed by atoms with Crippen molar-refractivity contribution in [1.29, 1.82) is 0 Å². The third kappa shape index (κ3) is 4.07. The standard InChI is InChI=1S/C15H21NO5/c1-2-8-20-12-4-3-6-16(7-5-12)14(17)13-9-11(10-21-13)15(18)19/h9-10,12H,2-8H2,1H3,(H,18,19). The fourth-order valence-corrected chi connectivity index (χ4v) is 2.44. The highest BCUT2D eigenvalue weighted by Crippen LogP contribution is 2.18. The molecule has 2 rings (SSSR count). The lowest BCUT2D eigenvalue weighted by Crippen LogP contribution is -2.32. The molecule has 0 radical (unpaired) electrons. The first-order valence-electron chi connectivity index (χ1n) is 7.34. The van der Waals surface area contributed by atoms with Gasteiger partial charge in [-0.2, -0.15) is 0 Å². The zero-order valence-electron chi connectivity index (χ0n) is 12.2. The van der Waals surface area contributed by atoms with Crippen molar-refractivity contribution >= 4 is 11.9 Å². The summed E-state index contributed by atoms with van der Waals surface area (Å²) in [5, 5.41) is 8.85. The molecule has 1 aromatic rings. The Hall–Kier alpha value is -1.82.